The van der Waals surface area contributed by atoms with E-state index in [1.165, 1.54) is 118 Å². The highest BCUT2D eigenvalue weighted by Crippen LogP contribution is 2.47. The van der Waals surface area contributed by atoms with Gasteiger partial charge in [0.25, 0.3) is 0 Å². The zero-order chi connectivity index (χ0) is 42.0. The zero-order valence-electron chi connectivity index (χ0n) is 35.4. The van der Waals surface area contributed by atoms with Crippen LogP contribution in [0.4, 0.5) is 0 Å². The third kappa shape index (κ3) is 6.41. The minimum atomic E-state index is 0.325. The maximum absolute atomic E-state index is 2.54. The molecule has 0 aliphatic rings. The van der Waals surface area contributed by atoms with Gasteiger partial charge in [-0.25, -0.2) is 0 Å². The van der Waals surface area contributed by atoms with Crippen LogP contribution in [-0.4, -0.2) is 4.57 Å². The van der Waals surface area contributed by atoms with Crippen LogP contribution < -0.4 is 0 Å². The topological polar surface area (TPSA) is 4.93 Å². The number of aryl methyl sites for hydroxylation is 1. The standard InChI is InChI=1S/C60H45NS2/c1-3-40(43-35-50(60-52(36-43)46-23-11-14-30-56(46)63-60)42-31-32-57-51(34-42)45-22-10-13-29-55(45)62-57)33-41-20-7-8-21-44(41)58-38(2)17-15-25-47(58)48-26-16-28-54-59(48)49-24-9-12-27-53(49)61(54)37-39-18-5-4-6-19-39/h4-32,34-36,40H,3,33,37H2,1-2H3. The molecule has 0 aliphatic carbocycles. The van der Waals surface area contributed by atoms with Gasteiger partial charge in [0.2, 0.25) is 0 Å². The van der Waals surface area contributed by atoms with Gasteiger partial charge in [-0.05, 0) is 130 Å². The van der Waals surface area contributed by atoms with E-state index >= 15 is 0 Å². The van der Waals surface area contributed by atoms with E-state index in [0.717, 1.165) is 19.4 Å². The lowest BCUT2D eigenvalue weighted by molar-refractivity contribution is 0.662. The van der Waals surface area contributed by atoms with Crippen LogP contribution in [0, 0.1) is 6.92 Å². The Kier molecular flexibility index (Phi) is 9.36. The van der Waals surface area contributed by atoms with Crippen molar-refractivity contribution in [2.24, 2.45) is 0 Å². The SMILES string of the molecule is CCC(Cc1ccccc1-c1c(C)cccc1-c1cccc2c1c1ccccc1n2Cc1ccccc1)c1cc(-c2ccc3sc4ccccc4c3c2)c2sc3ccccc3c2c1. The molecule has 0 aliphatic heterocycles. The molecular weight excluding hydrogens is 799 g/mol. The van der Waals surface area contributed by atoms with Gasteiger partial charge < -0.3 is 4.57 Å². The summed E-state index contributed by atoms with van der Waals surface area (Å²) in [6.45, 7) is 5.49. The predicted molar refractivity (Wildman–Crippen MR) is 275 cm³/mol. The summed E-state index contributed by atoms with van der Waals surface area (Å²) >= 11 is 3.82. The van der Waals surface area contributed by atoms with Gasteiger partial charge in [0.1, 0.15) is 0 Å². The van der Waals surface area contributed by atoms with E-state index in [2.05, 4.69) is 213 Å². The fraction of sp³-hybridized carbons (Fsp3) is 0.100. The first kappa shape index (κ1) is 37.9. The molecule has 0 amide bonds. The lowest BCUT2D eigenvalue weighted by Gasteiger charge is -2.22. The highest BCUT2D eigenvalue weighted by Gasteiger charge is 2.23. The zero-order valence-corrected chi connectivity index (χ0v) is 37.1. The Bertz CT molecular complexity index is 3690. The van der Waals surface area contributed by atoms with Crippen molar-refractivity contribution in [1.82, 2.24) is 4.57 Å². The molecule has 302 valence electrons. The van der Waals surface area contributed by atoms with Crippen molar-refractivity contribution in [2.75, 3.05) is 0 Å². The Hall–Kier alpha value is -6.78. The first-order valence-corrected chi connectivity index (χ1v) is 23.8. The molecule has 0 saturated heterocycles. The molecule has 0 bridgehead atoms. The molecule has 3 heteroatoms. The minimum absolute atomic E-state index is 0.325. The highest BCUT2D eigenvalue weighted by molar-refractivity contribution is 7.26. The van der Waals surface area contributed by atoms with E-state index < -0.39 is 0 Å². The van der Waals surface area contributed by atoms with Gasteiger partial charge in [0.05, 0.1) is 5.52 Å². The normalized spacial score (nSPS) is 12.4. The maximum atomic E-state index is 2.54. The number of para-hydroxylation sites is 1. The molecule has 12 aromatic rings. The molecule has 1 unspecified atom stereocenters. The second kappa shape index (κ2) is 15.5. The Morgan fingerprint density at radius 2 is 1.13 bits per heavy atom. The third-order valence-corrected chi connectivity index (χ3v) is 15.8. The van der Waals surface area contributed by atoms with Gasteiger partial charge >= 0.3 is 0 Å². The molecule has 0 radical (unpaired) electrons. The number of hydrogen-bond acceptors (Lipinski definition) is 2. The Morgan fingerprint density at radius 3 is 1.97 bits per heavy atom. The monoisotopic (exact) mass is 843 g/mol. The average molecular weight is 844 g/mol. The summed E-state index contributed by atoms with van der Waals surface area (Å²) in [7, 11) is 0. The molecule has 0 N–H and O–H groups in total. The van der Waals surface area contributed by atoms with Gasteiger partial charge in [-0.15, -0.1) is 22.7 Å². The molecule has 3 heterocycles. The summed E-state index contributed by atoms with van der Waals surface area (Å²) in [6.07, 6.45) is 1.98. The van der Waals surface area contributed by atoms with Crippen LogP contribution in [-0.2, 0) is 13.0 Å². The van der Waals surface area contributed by atoms with E-state index in [0.29, 0.717) is 5.92 Å². The number of aromatic nitrogens is 1. The lowest BCUT2D eigenvalue weighted by atomic mass is 9.82. The van der Waals surface area contributed by atoms with E-state index in [1.807, 2.05) is 22.7 Å². The number of rotatable bonds is 9. The number of benzene rings is 9. The van der Waals surface area contributed by atoms with Crippen LogP contribution in [0.5, 0.6) is 0 Å². The quantitative estimate of drug-likeness (QED) is 0.136. The summed E-state index contributed by atoms with van der Waals surface area (Å²) < 4.78 is 7.91. The van der Waals surface area contributed by atoms with Gasteiger partial charge in [-0.1, -0.05) is 153 Å². The van der Waals surface area contributed by atoms with Crippen molar-refractivity contribution in [3.8, 4) is 33.4 Å². The number of nitrogens with zero attached hydrogens (tertiary/aromatic N) is 1. The van der Waals surface area contributed by atoms with Crippen molar-refractivity contribution in [1.29, 1.82) is 0 Å². The van der Waals surface area contributed by atoms with E-state index in [9.17, 15) is 0 Å². The smallest absolute Gasteiger partial charge is 0.0500 e. The van der Waals surface area contributed by atoms with Gasteiger partial charge in [-0.2, -0.15) is 0 Å². The second-order valence-corrected chi connectivity index (χ2v) is 19.2. The first-order valence-electron chi connectivity index (χ1n) is 22.2. The highest BCUT2D eigenvalue weighted by atomic mass is 32.1. The van der Waals surface area contributed by atoms with E-state index in [4.69, 9.17) is 0 Å². The Morgan fingerprint density at radius 1 is 0.476 bits per heavy atom. The third-order valence-electron chi connectivity index (χ3n) is 13.4. The van der Waals surface area contributed by atoms with E-state index in [1.54, 1.807) is 0 Å². The number of fused-ring (bicyclic) bond motifs is 9. The second-order valence-electron chi connectivity index (χ2n) is 17.1. The van der Waals surface area contributed by atoms with Crippen LogP contribution in [0.15, 0.2) is 194 Å². The molecule has 63 heavy (non-hydrogen) atoms. The van der Waals surface area contributed by atoms with E-state index in [-0.39, 0.29) is 0 Å². The van der Waals surface area contributed by atoms with Crippen molar-refractivity contribution >= 4 is 84.8 Å². The molecule has 9 aromatic carbocycles. The summed E-state index contributed by atoms with van der Waals surface area (Å²) in [5, 5.41) is 8.02. The molecule has 0 spiro atoms. The molecule has 0 fully saturated rings. The summed E-state index contributed by atoms with van der Waals surface area (Å²) in [6, 6.07) is 72.8. The average Bonchev–Trinajstić information content (AvgIpc) is 4.00. The minimum Gasteiger partial charge on any atom is -0.336 e. The fourth-order valence-electron chi connectivity index (χ4n) is 10.4. The van der Waals surface area contributed by atoms with Gasteiger partial charge in [0.15, 0.2) is 0 Å². The molecule has 1 atom stereocenters. The van der Waals surface area contributed by atoms with Crippen LogP contribution >= 0.6 is 22.7 Å². The van der Waals surface area contributed by atoms with Crippen molar-refractivity contribution in [3.05, 3.63) is 216 Å². The van der Waals surface area contributed by atoms with Crippen LogP contribution in [0.2, 0.25) is 0 Å². The lowest BCUT2D eigenvalue weighted by Crippen LogP contribution is -2.04. The fourth-order valence-corrected chi connectivity index (χ4v) is 12.7. The summed E-state index contributed by atoms with van der Waals surface area (Å²) in [5.74, 6) is 0.325. The molecule has 1 nitrogen and oxygen atoms in total. The predicted octanol–water partition coefficient (Wildman–Crippen LogP) is 17.6. The van der Waals surface area contributed by atoms with Crippen molar-refractivity contribution in [3.63, 3.8) is 0 Å². The molecule has 0 saturated carbocycles. The van der Waals surface area contributed by atoms with Crippen LogP contribution in [0.25, 0.3) is 95.5 Å². The molecular formula is C60H45NS2. The number of thiophene rings is 2. The maximum Gasteiger partial charge on any atom is 0.0500 e. The number of hydrogen-bond donors (Lipinski definition) is 0. The Labute approximate surface area is 376 Å². The van der Waals surface area contributed by atoms with Crippen LogP contribution in [0.1, 0.15) is 41.5 Å². The Balaban J connectivity index is 0.996. The van der Waals surface area contributed by atoms with Crippen LogP contribution in [0.3, 0.4) is 0 Å². The van der Waals surface area contributed by atoms with Crippen molar-refractivity contribution in [2.45, 2.75) is 39.2 Å². The summed E-state index contributed by atoms with van der Waals surface area (Å²) in [4.78, 5) is 0. The van der Waals surface area contributed by atoms with Gasteiger partial charge in [0, 0.05) is 63.2 Å². The first-order chi connectivity index (χ1) is 31.1. The summed E-state index contributed by atoms with van der Waals surface area (Å²) in [5.41, 5.74) is 15.8. The van der Waals surface area contributed by atoms with Crippen molar-refractivity contribution < 1.29 is 0 Å². The molecule has 12 rings (SSSR count). The molecule has 3 aromatic heterocycles. The van der Waals surface area contributed by atoms with Gasteiger partial charge in [-0.3, -0.25) is 0 Å². The largest absolute Gasteiger partial charge is 0.336 e.